The number of nitrogens with one attached hydrogen (secondary N) is 1. The van der Waals surface area contributed by atoms with E-state index in [1.165, 1.54) is 0 Å². The van der Waals surface area contributed by atoms with Gasteiger partial charge in [0.1, 0.15) is 0 Å². The third-order valence-corrected chi connectivity index (χ3v) is 3.32. The maximum absolute atomic E-state index is 11.6. The van der Waals surface area contributed by atoms with Crippen LogP contribution in [0.1, 0.15) is 13.3 Å². The van der Waals surface area contributed by atoms with Crippen molar-refractivity contribution >= 4 is 43.5 Å². The molecule has 0 aliphatic carbocycles. The first kappa shape index (κ1) is 13.7. The van der Waals surface area contributed by atoms with Crippen molar-refractivity contribution in [1.29, 1.82) is 0 Å². The van der Waals surface area contributed by atoms with Crippen molar-refractivity contribution in [2.75, 3.05) is 11.9 Å². The van der Waals surface area contributed by atoms with E-state index in [2.05, 4.69) is 37.2 Å². The minimum Gasteiger partial charge on any atom is -0.330 e. The highest BCUT2D eigenvalue weighted by Gasteiger charge is 2.09. The Kier molecular flexibility index (Phi) is 5.44. The summed E-state index contributed by atoms with van der Waals surface area (Å²) < 4.78 is 1.79. The van der Waals surface area contributed by atoms with Crippen LogP contribution in [0.5, 0.6) is 0 Å². The fourth-order valence-corrected chi connectivity index (χ4v) is 1.90. The zero-order valence-electron chi connectivity index (χ0n) is 8.97. The lowest BCUT2D eigenvalue weighted by atomic mass is 10.1. The molecule has 0 fully saturated rings. The Bertz CT molecular complexity index is 382. The molecule has 0 radical (unpaired) electrons. The third-order valence-electron chi connectivity index (χ3n) is 2.14. The second-order valence-electron chi connectivity index (χ2n) is 3.72. The summed E-state index contributed by atoms with van der Waals surface area (Å²) in [6, 6.07) is 5.64. The normalized spacial score (nSPS) is 12.2. The molecule has 1 atom stereocenters. The largest absolute Gasteiger partial charge is 0.330 e. The van der Waals surface area contributed by atoms with Crippen molar-refractivity contribution in [1.82, 2.24) is 0 Å². The maximum Gasteiger partial charge on any atom is 0.224 e. The van der Waals surface area contributed by atoms with Crippen molar-refractivity contribution in [3.05, 3.63) is 27.1 Å². The summed E-state index contributed by atoms with van der Waals surface area (Å²) in [5.41, 5.74) is 6.24. The van der Waals surface area contributed by atoms with Gasteiger partial charge in [0.2, 0.25) is 5.91 Å². The number of hydrogen-bond acceptors (Lipinski definition) is 2. The molecule has 0 saturated heterocycles. The Morgan fingerprint density at radius 1 is 1.50 bits per heavy atom. The van der Waals surface area contributed by atoms with Gasteiger partial charge in [0.05, 0.1) is 5.69 Å². The van der Waals surface area contributed by atoms with Gasteiger partial charge >= 0.3 is 0 Å². The summed E-state index contributed by atoms with van der Waals surface area (Å²) in [5, 5.41) is 2.84. The van der Waals surface area contributed by atoms with Crippen LogP contribution >= 0.6 is 31.9 Å². The van der Waals surface area contributed by atoms with Gasteiger partial charge in [0, 0.05) is 15.4 Å². The molecule has 3 nitrogen and oxygen atoms in total. The predicted molar refractivity (Wildman–Crippen MR) is 73.3 cm³/mol. The molecule has 1 amide bonds. The zero-order chi connectivity index (χ0) is 12.1. The van der Waals surface area contributed by atoms with Crippen LogP contribution in [0.3, 0.4) is 0 Å². The number of carbonyl (C=O) groups excluding carboxylic acids is 1. The Balaban J connectivity index is 2.65. The van der Waals surface area contributed by atoms with Gasteiger partial charge in [-0.3, -0.25) is 4.79 Å². The fourth-order valence-electron chi connectivity index (χ4n) is 1.19. The van der Waals surface area contributed by atoms with Crippen molar-refractivity contribution < 1.29 is 4.79 Å². The average Bonchev–Trinajstić information content (AvgIpc) is 2.23. The van der Waals surface area contributed by atoms with Crippen LogP contribution in [0.2, 0.25) is 0 Å². The number of amides is 1. The van der Waals surface area contributed by atoms with E-state index in [4.69, 9.17) is 5.73 Å². The van der Waals surface area contributed by atoms with Gasteiger partial charge in [-0.1, -0.05) is 22.9 Å². The second kappa shape index (κ2) is 6.37. The molecule has 0 aromatic heterocycles. The average molecular weight is 350 g/mol. The number of hydrogen-bond donors (Lipinski definition) is 2. The van der Waals surface area contributed by atoms with E-state index in [0.29, 0.717) is 13.0 Å². The molecule has 0 aliphatic heterocycles. The zero-order valence-corrected chi connectivity index (χ0v) is 12.1. The molecule has 0 spiro atoms. The molecule has 88 valence electrons. The molecule has 0 heterocycles. The van der Waals surface area contributed by atoms with Crippen LogP contribution in [0.4, 0.5) is 5.69 Å². The van der Waals surface area contributed by atoms with E-state index in [-0.39, 0.29) is 11.8 Å². The van der Waals surface area contributed by atoms with Crippen LogP contribution in [0.15, 0.2) is 27.1 Å². The summed E-state index contributed by atoms with van der Waals surface area (Å²) >= 11 is 6.74. The first-order valence-corrected chi connectivity index (χ1v) is 6.56. The summed E-state index contributed by atoms with van der Waals surface area (Å²) in [6.07, 6.45) is 0.440. The summed E-state index contributed by atoms with van der Waals surface area (Å²) in [5.74, 6) is 0.183. The molecule has 1 unspecified atom stereocenters. The van der Waals surface area contributed by atoms with Crippen LogP contribution in [0, 0.1) is 5.92 Å². The Morgan fingerprint density at radius 2 is 2.19 bits per heavy atom. The van der Waals surface area contributed by atoms with E-state index in [1.807, 2.05) is 25.1 Å². The van der Waals surface area contributed by atoms with Gasteiger partial charge in [-0.05, 0) is 46.6 Å². The molecule has 5 heteroatoms. The van der Waals surface area contributed by atoms with Crippen LogP contribution in [-0.2, 0) is 4.79 Å². The first-order chi connectivity index (χ1) is 7.52. The minimum absolute atomic E-state index is 0.0169. The van der Waals surface area contributed by atoms with E-state index in [0.717, 1.165) is 14.6 Å². The Hall–Kier alpha value is -0.390. The predicted octanol–water partition coefficient (Wildman–Crippen LogP) is 3.14. The van der Waals surface area contributed by atoms with E-state index in [9.17, 15) is 4.79 Å². The second-order valence-corrected chi connectivity index (χ2v) is 5.49. The fraction of sp³-hybridized carbons (Fsp3) is 0.364. The highest BCUT2D eigenvalue weighted by Crippen LogP contribution is 2.26. The Labute approximate surface area is 112 Å². The van der Waals surface area contributed by atoms with E-state index < -0.39 is 0 Å². The molecule has 1 aromatic rings. The van der Waals surface area contributed by atoms with Gasteiger partial charge in [-0.2, -0.15) is 0 Å². The quantitative estimate of drug-likeness (QED) is 0.877. The monoisotopic (exact) mass is 348 g/mol. The van der Waals surface area contributed by atoms with Gasteiger partial charge in [-0.15, -0.1) is 0 Å². The van der Waals surface area contributed by atoms with E-state index in [1.54, 1.807) is 0 Å². The molecule has 0 aliphatic rings. The molecule has 0 bridgehead atoms. The summed E-state index contributed by atoms with van der Waals surface area (Å²) in [6.45, 7) is 2.47. The van der Waals surface area contributed by atoms with Crippen molar-refractivity contribution in [2.24, 2.45) is 11.7 Å². The van der Waals surface area contributed by atoms with Gasteiger partial charge in [0.25, 0.3) is 0 Å². The van der Waals surface area contributed by atoms with E-state index >= 15 is 0 Å². The van der Waals surface area contributed by atoms with Gasteiger partial charge in [0.15, 0.2) is 0 Å². The number of nitrogens with two attached hydrogens (primary N) is 1. The highest BCUT2D eigenvalue weighted by atomic mass is 79.9. The number of benzene rings is 1. The van der Waals surface area contributed by atoms with Crippen LogP contribution in [0.25, 0.3) is 0 Å². The van der Waals surface area contributed by atoms with Gasteiger partial charge in [-0.25, -0.2) is 0 Å². The molecular weight excluding hydrogens is 336 g/mol. The number of carbonyl (C=O) groups is 1. The summed E-state index contributed by atoms with van der Waals surface area (Å²) in [4.78, 5) is 11.6. The minimum atomic E-state index is -0.0169. The highest BCUT2D eigenvalue weighted by molar-refractivity contribution is 9.11. The molecule has 1 aromatic carbocycles. The molecular formula is C11H14Br2N2O. The lowest BCUT2D eigenvalue weighted by molar-refractivity contribution is -0.116. The number of halogens is 2. The lowest BCUT2D eigenvalue weighted by Crippen LogP contribution is -2.20. The number of anilines is 1. The molecule has 16 heavy (non-hydrogen) atoms. The van der Waals surface area contributed by atoms with Crippen molar-refractivity contribution in [3.8, 4) is 0 Å². The SMILES string of the molecule is CC(CN)CC(=O)Nc1cc(Br)ccc1Br. The molecule has 1 rings (SSSR count). The lowest BCUT2D eigenvalue weighted by Gasteiger charge is -2.10. The topological polar surface area (TPSA) is 55.1 Å². The van der Waals surface area contributed by atoms with Crippen LogP contribution in [-0.4, -0.2) is 12.5 Å². The molecule has 0 saturated carbocycles. The van der Waals surface area contributed by atoms with Crippen molar-refractivity contribution in [2.45, 2.75) is 13.3 Å². The summed E-state index contributed by atoms with van der Waals surface area (Å²) in [7, 11) is 0. The number of rotatable bonds is 4. The maximum atomic E-state index is 11.6. The van der Waals surface area contributed by atoms with Gasteiger partial charge < -0.3 is 11.1 Å². The standard InChI is InChI=1S/C11H14Br2N2O/c1-7(6-14)4-11(16)15-10-5-8(12)2-3-9(10)13/h2-3,5,7H,4,6,14H2,1H3,(H,15,16). The van der Waals surface area contributed by atoms with Crippen LogP contribution < -0.4 is 11.1 Å². The molecule has 3 N–H and O–H groups in total. The van der Waals surface area contributed by atoms with Crippen molar-refractivity contribution in [3.63, 3.8) is 0 Å². The Morgan fingerprint density at radius 3 is 2.81 bits per heavy atom. The first-order valence-electron chi connectivity index (χ1n) is 4.98. The third kappa shape index (κ3) is 4.23. The smallest absolute Gasteiger partial charge is 0.224 e.